The number of carbonyl (C=O) groups is 1. The molecule has 0 bridgehead atoms. The summed E-state index contributed by atoms with van der Waals surface area (Å²) in [5.41, 5.74) is 3.51. The first-order chi connectivity index (χ1) is 10.6. The van der Waals surface area contributed by atoms with E-state index in [1.165, 1.54) is 7.11 Å². The summed E-state index contributed by atoms with van der Waals surface area (Å²) in [7, 11) is 1.38. The van der Waals surface area contributed by atoms with Gasteiger partial charge in [-0.25, -0.2) is 0 Å². The van der Waals surface area contributed by atoms with Gasteiger partial charge in [0.25, 0.3) is 0 Å². The summed E-state index contributed by atoms with van der Waals surface area (Å²) in [4.78, 5) is 11.3. The van der Waals surface area contributed by atoms with Gasteiger partial charge in [0.15, 0.2) is 0 Å². The van der Waals surface area contributed by atoms with Gasteiger partial charge in [-0.3, -0.25) is 4.79 Å². The smallest absolute Gasteiger partial charge is 0.309 e. The number of rotatable bonds is 5. The molecule has 0 heterocycles. The number of hydrogen-bond donors (Lipinski definition) is 1. The maximum Gasteiger partial charge on any atom is 0.309 e. The third-order valence-electron chi connectivity index (χ3n) is 3.40. The minimum absolute atomic E-state index is 0.0571. The summed E-state index contributed by atoms with van der Waals surface area (Å²) in [5, 5.41) is 12.3. The molecule has 0 aliphatic heterocycles. The minimum atomic E-state index is -0.257. The summed E-state index contributed by atoms with van der Waals surface area (Å²) >= 11 is 0. The van der Waals surface area contributed by atoms with E-state index in [1.807, 2.05) is 49.4 Å². The van der Waals surface area contributed by atoms with Crippen LogP contribution in [0.5, 0.6) is 0 Å². The summed E-state index contributed by atoms with van der Waals surface area (Å²) in [6.45, 7) is 2.03. The molecule has 112 valence electrons. The first kappa shape index (κ1) is 15.6. The van der Waals surface area contributed by atoms with Gasteiger partial charge >= 0.3 is 5.97 Å². The Labute approximate surface area is 130 Å². The Morgan fingerprint density at radius 1 is 1.27 bits per heavy atom. The lowest BCUT2D eigenvalue weighted by molar-refractivity contribution is -0.139. The average Bonchev–Trinajstić information content (AvgIpc) is 2.55. The summed E-state index contributed by atoms with van der Waals surface area (Å²) in [5.74, 6) is -0.257. The number of methoxy groups -OCH3 is 1. The van der Waals surface area contributed by atoms with E-state index in [-0.39, 0.29) is 18.4 Å². The Hall–Kier alpha value is -2.80. The van der Waals surface area contributed by atoms with E-state index in [0.29, 0.717) is 5.56 Å². The molecule has 0 spiro atoms. The van der Waals surface area contributed by atoms with E-state index in [4.69, 9.17) is 5.26 Å². The van der Waals surface area contributed by atoms with Gasteiger partial charge in [0.2, 0.25) is 0 Å². The van der Waals surface area contributed by atoms with Crippen molar-refractivity contribution in [1.29, 1.82) is 5.26 Å². The van der Waals surface area contributed by atoms with Gasteiger partial charge in [0.1, 0.15) is 0 Å². The quantitative estimate of drug-likeness (QED) is 0.858. The van der Waals surface area contributed by atoms with Crippen molar-refractivity contribution in [3.8, 4) is 6.07 Å². The molecular weight excluding hydrogens is 276 g/mol. The second-order valence-electron chi connectivity index (χ2n) is 5.06. The number of nitrogens with zero attached hydrogens (tertiary/aromatic N) is 1. The van der Waals surface area contributed by atoms with Crippen LogP contribution in [-0.4, -0.2) is 13.1 Å². The van der Waals surface area contributed by atoms with Gasteiger partial charge in [-0.15, -0.1) is 0 Å². The van der Waals surface area contributed by atoms with E-state index in [2.05, 4.69) is 16.1 Å². The Kier molecular flexibility index (Phi) is 5.16. The fourth-order valence-corrected chi connectivity index (χ4v) is 2.22. The van der Waals surface area contributed by atoms with Crippen molar-refractivity contribution in [1.82, 2.24) is 0 Å². The number of hydrogen-bond acceptors (Lipinski definition) is 4. The van der Waals surface area contributed by atoms with Gasteiger partial charge in [0, 0.05) is 11.7 Å². The zero-order valence-electron chi connectivity index (χ0n) is 12.7. The number of anilines is 1. The molecule has 2 aromatic rings. The number of nitrogens with one attached hydrogen (secondary N) is 1. The molecule has 4 heteroatoms. The third kappa shape index (κ3) is 4.10. The Morgan fingerprint density at radius 3 is 2.77 bits per heavy atom. The van der Waals surface area contributed by atoms with Crippen LogP contribution in [0.25, 0.3) is 0 Å². The topological polar surface area (TPSA) is 62.1 Å². The van der Waals surface area contributed by atoms with Crippen LogP contribution in [-0.2, 0) is 16.0 Å². The molecule has 1 N–H and O–H groups in total. The monoisotopic (exact) mass is 294 g/mol. The van der Waals surface area contributed by atoms with Gasteiger partial charge in [-0.2, -0.15) is 5.26 Å². The molecule has 0 radical (unpaired) electrons. The number of carbonyl (C=O) groups excluding carboxylic acids is 1. The Balaban J connectivity index is 2.11. The van der Waals surface area contributed by atoms with E-state index in [0.717, 1.165) is 16.8 Å². The molecule has 4 nitrogen and oxygen atoms in total. The molecule has 0 amide bonds. The Bertz CT molecular complexity index is 704. The first-order valence-electron chi connectivity index (χ1n) is 7.04. The molecule has 0 aliphatic carbocycles. The molecule has 0 saturated carbocycles. The van der Waals surface area contributed by atoms with Crippen LogP contribution in [0.15, 0.2) is 48.5 Å². The van der Waals surface area contributed by atoms with Gasteiger partial charge in [-0.05, 0) is 42.3 Å². The van der Waals surface area contributed by atoms with Crippen molar-refractivity contribution in [2.45, 2.75) is 19.4 Å². The van der Waals surface area contributed by atoms with E-state index < -0.39 is 0 Å². The zero-order chi connectivity index (χ0) is 15.9. The first-order valence-corrected chi connectivity index (χ1v) is 7.04. The second kappa shape index (κ2) is 7.28. The predicted octanol–water partition coefficient (Wildman–Crippen LogP) is 3.45. The van der Waals surface area contributed by atoms with Crippen molar-refractivity contribution < 1.29 is 9.53 Å². The average molecular weight is 294 g/mol. The number of nitriles is 1. The second-order valence-corrected chi connectivity index (χ2v) is 5.06. The largest absolute Gasteiger partial charge is 0.469 e. The lowest BCUT2D eigenvalue weighted by Gasteiger charge is -2.16. The van der Waals surface area contributed by atoms with E-state index in [1.54, 1.807) is 6.07 Å². The van der Waals surface area contributed by atoms with Crippen molar-refractivity contribution in [2.24, 2.45) is 0 Å². The molecule has 0 aliphatic rings. The van der Waals surface area contributed by atoms with Gasteiger partial charge < -0.3 is 10.1 Å². The highest BCUT2D eigenvalue weighted by Crippen LogP contribution is 2.21. The number of benzene rings is 2. The SMILES string of the molecule is COC(=O)Cc1cccc(N[C@H](C)c2cccc(C#N)c2)c1. The standard InChI is InChI=1S/C18H18N2O2/c1-13(16-7-3-6-15(9-16)12-19)20-17-8-4-5-14(10-17)11-18(21)22-2/h3-10,13,20H,11H2,1-2H3/t13-/m1/s1. The van der Waals surface area contributed by atoms with E-state index >= 15 is 0 Å². The molecule has 2 rings (SSSR count). The Morgan fingerprint density at radius 2 is 2.05 bits per heavy atom. The molecule has 2 aromatic carbocycles. The minimum Gasteiger partial charge on any atom is -0.469 e. The number of esters is 1. The van der Waals surface area contributed by atoms with Gasteiger partial charge in [-0.1, -0.05) is 24.3 Å². The van der Waals surface area contributed by atoms with Crippen LogP contribution in [0.4, 0.5) is 5.69 Å². The maximum absolute atomic E-state index is 11.3. The van der Waals surface area contributed by atoms with Crippen LogP contribution >= 0.6 is 0 Å². The van der Waals surface area contributed by atoms with Crippen molar-refractivity contribution in [3.63, 3.8) is 0 Å². The highest BCUT2D eigenvalue weighted by molar-refractivity contribution is 5.72. The van der Waals surface area contributed by atoms with Crippen molar-refractivity contribution in [3.05, 3.63) is 65.2 Å². The van der Waals surface area contributed by atoms with Gasteiger partial charge in [0.05, 0.1) is 25.2 Å². The molecule has 0 saturated heterocycles. The molecule has 22 heavy (non-hydrogen) atoms. The summed E-state index contributed by atoms with van der Waals surface area (Å²) in [6.07, 6.45) is 0.254. The fraction of sp³-hybridized carbons (Fsp3) is 0.222. The van der Waals surface area contributed by atoms with Crippen LogP contribution in [0.2, 0.25) is 0 Å². The highest BCUT2D eigenvalue weighted by atomic mass is 16.5. The lowest BCUT2D eigenvalue weighted by Crippen LogP contribution is -2.08. The van der Waals surface area contributed by atoms with Crippen molar-refractivity contribution in [2.75, 3.05) is 12.4 Å². The van der Waals surface area contributed by atoms with Crippen LogP contribution in [0.3, 0.4) is 0 Å². The number of ether oxygens (including phenoxy) is 1. The van der Waals surface area contributed by atoms with Crippen LogP contribution in [0.1, 0.15) is 29.7 Å². The maximum atomic E-state index is 11.3. The lowest BCUT2D eigenvalue weighted by atomic mass is 10.0. The molecule has 0 unspecified atom stereocenters. The molecule has 0 fully saturated rings. The van der Waals surface area contributed by atoms with Crippen LogP contribution < -0.4 is 5.32 Å². The van der Waals surface area contributed by atoms with Crippen LogP contribution in [0, 0.1) is 11.3 Å². The fourth-order valence-electron chi connectivity index (χ4n) is 2.22. The van der Waals surface area contributed by atoms with Crippen molar-refractivity contribution >= 4 is 11.7 Å². The summed E-state index contributed by atoms with van der Waals surface area (Å²) in [6, 6.07) is 17.4. The normalized spacial score (nSPS) is 11.3. The molecule has 1 atom stereocenters. The summed E-state index contributed by atoms with van der Waals surface area (Å²) < 4.78 is 4.68. The van der Waals surface area contributed by atoms with E-state index in [9.17, 15) is 4.79 Å². The zero-order valence-corrected chi connectivity index (χ0v) is 12.7. The molecular formula is C18H18N2O2. The third-order valence-corrected chi connectivity index (χ3v) is 3.40. The highest BCUT2D eigenvalue weighted by Gasteiger charge is 2.08. The predicted molar refractivity (Wildman–Crippen MR) is 85.4 cm³/mol. The molecule has 0 aromatic heterocycles.